The Bertz CT molecular complexity index is 330. The van der Waals surface area contributed by atoms with E-state index in [0.717, 1.165) is 21.6 Å². The largest absolute Gasteiger partial charge is 0.329 e. The molecule has 4 heteroatoms. The van der Waals surface area contributed by atoms with Gasteiger partial charge in [0.15, 0.2) is 0 Å². The third-order valence-electron chi connectivity index (χ3n) is 2.56. The van der Waals surface area contributed by atoms with Gasteiger partial charge in [0.1, 0.15) is 0 Å². The topological polar surface area (TPSA) is 29.3 Å². The number of hydrogen-bond donors (Lipinski definition) is 1. The van der Waals surface area contributed by atoms with Crippen molar-refractivity contribution in [1.82, 2.24) is 4.90 Å². The Morgan fingerprint density at radius 3 is 2.73 bits per heavy atom. The van der Waals surface area contributed by atoms with Crippen LogP contribution in [0.3, 0.4) is 0 Å². The summed E-state index contributed by atoms with van der Waals surface area (Å²) < 4.78 is 1.00. The van der Waals surface area contributed by atoms with Crippen LogP contribution >= 0.6 is 27.5 Å². The summed E-state index contributed by atoms with van der Waals surface area (Å²) in [5.74, 6) is 0. The first-order chi connectivity index (χ1) is 7.06. The molecule has 15 heavy (non-hydrogen) atoms. The van der Waals surface area contributed by atoms with Gasteiger partial charge in [0.25, 0.3) is 0 Å². The first-order valence-corrected chi connectivity index (χ1v) is 6.08. The molecule has 1 aromatic rings. The number of rotatable bonds is 4. The molecule has 0 fully saturated rings. The molecule has 0 radical (unpaired) electrons. The van der Waals surface area contributed by atoms with Crippen molar-refractivity contribution in [1.29, 1.82) is 0 Å². The number of halogens is 2. The molecule has 0 heterocycles. The second kappa shape index (κ2) is 5.85. The number of nitrogens with two attached hydrogens (primary N) is 1. The highest BCUT2D eigenvalue weighted by Crippen LogP contribution is 2.28. The maximum atomic E-state index is 6.18. The molecule has 0 aliphatic rings. The molecule has 2 N–H and O–H groups in total. The SMILES string of the molecule is CC(c1ccc(Br)cc1Cl)N(C)CCN. The minimum absolute atomic E-state index is 0.286. The van der Waals surface area contributed by atoms with Gasteiger partial charge < -0.3 is 5.73 Å². The normalized spacial score (nSPS) is 13.2. The van der Waals surface area contributed by atoms with E-state index < -0.39 is 0 Å². The van der Waals surface area contributed by atoms with Crippen LogP contribution in [-0.4, -0.2) is 25.0 Å². The molecular weight excluding hydrogens is 275 g/mol. The van der Waals surface area contributed by atoms with E-state index in [4.69, 9.17) is 17.3 Å². The van der Waals surface area contributed by atoms with E-state index in [1.807, 2.05) is 18.2 Å². The van der Waals surface area contributed by atoms with Gasteiger partial charge in [-0.25, -0.2) is 0 Å². The minimum Gasteiger partial charge on any atom is -0.329 e. The van der Waals surface area contributed by atoms with Crippen LogP contribution in [-0.2, 0) is 0 Å². The van der Waals surface area contributed by atoms with Crippen molar-refractivity contribution in [2.24, 2.45) is 5.73 Å². The van der Waals surface area contributed by atoms with E-state index in [9.17, 15) is 0 Å². The maximum Gasteiger partial charge on any atom is 0.0464 e. The Morgan fingerprint density at radius 1 is 1.53 bits per heavy atom. The van der Waals surface area contributed by atoms with Crippen molar-refractivity contribution in [3.63, 3.8) is 0 Å². The second-order valence-corrected chi connectivity index (χ2v) is 4.93. The van der Waals surface area contributed by atoms with Crippen molar-refractivity contribution in [3.8, 4) is 0 Å². The minimum atomic E-state index is 0.286. The van der Waals surface area contributed by atoms with Crippen LogP contribution in [0.5, 0.6) is 0 Å². The predicted molar refractivity (Wildman–Crippen MR) is 69.3 cm³/mol. The van der Waals surface area contributed by atoms with Gasteiger partial charge in [0.2, 0.25) is 0 Å². The van der Waals surface area contributed by atoms with E-state index in [1.54, 1.807) is 0 Å². The molecule has 1 rings (SSSR count). The van der Waals surface area contributed by atoms with Crippen LogP contribution in [0.15, 0.2) is 22.7 Å². The van der Waals surface area contributed by atoms with Gasteiger partial charge in [-0.15, -0.1) is 0 Å². The van der Waals surface area contributed by atoms with Crippen LogP contribution in [0.25, 0.3) is 0 Å². The Kier molecular flexibility index (Phi) is 5.06. The molecule has 0 saturated heterocycles. The van der Waals surface area contributed by atoms with Gasteiger partial charge in [0.05, 0.1) is 0 Å². The first-order valence-electron chi connectivity index (χ1n) is 4.91. The van der Waals surface area contributed by atoms with Crippen molar-refractivity contribution in [2.45, 2.75) is 13.0 Å². The average Bonchev–Trinajstić information content (AvgIpc) is 2.17. The number of likely N-dealkylation sites (N-methyl/N-ethyl adjacent to an activating group) is 1. The maximum absolute atomic E-state index is 6.18. The van der Waals surface area contributed by atoms with Crippen LogP contribution < -0.4 is 5.73 Å². The smallest absolute Gasteiger partial charge is 0.0464 e. The number of hydrogen-bond acceptors (Lipinski definition) is 2. The standard InChI is InChI=1S/C11H16BrClN2/c1-8(15(2)6-5-14)10-4-3-9(12)7-11(10)13/h3-4,7-8H,5-6,14H2,1-2H3. The molecule has 0 aliphatic carbocycles. The molecule has 1 unspecified atom stereocenters. The Labute approximate surface area is 105 Å². The fraction of sp³-hybridized carbons (Fsp3) is 0.455. The van der Waals surface area contributed by atoms with E-state index in [-0.39, 0.29) is 6.04 Å². The summed E-state index contributed by atoms with van der Waals surface area (Å²) in [5.41, 5.74) is 6.66. The van der Waals surface area contributed by atoms with E-state index >= 15 is 0 Å². The molecule has 0 bridgehead atoms. The van der Waals surface area contributed by atoms with Gasteiger partial charge in [0, 0.05) is 28.6 Å². The quantitative estimate of drug-likeness (QED) is 0.924. The summed E-state index contributed by atoms with van der Waals surface area (Å²) >= 11 is 9.58. The average molecular weight is 292 g/mol. The summed E-state index contributed by atoms with van der Waals surface area (Å²) in [6.45, 7) is 3.66. The molecule has 0 aliphatic heterocycles. The fourth-order valence-corrected chi connectivity index (χ4v) is 2.31. The van der Waals surface area contributed by atoms with Gasteiger partial charge >= 0.3 is 0 Å². The van der Waals surface area contributed by atoms with Crippen LogP contribution in [0.4, 0.5) is 0 Å². The Balaban J connectivity index is 2.86. The van der Waals surface area contributed by atoms with Crippen molar-refractivity contribution in [2.75, 3.05) is 20.1 Å². The Hall–Kier alpha value is -0.0900. The van der Waals surface area contributed by atoms with Crippen molar-refractivity contribution in [3.05, 3.63) is 33.3 Å². The molecule has 84 valence electrons. The van der Waals surface area contributed by atoms with Crippen molar-refractivity contribution < 1.29 is 0 Å². The lowest BCUT2D eigenvalue weighted by Gasteiger charge is -2.25. The van der Waals surface area contributed by atoms with E-state index in [2.05, 4.69) is 34.8 Å². The monoisotopic (exact) mass is 290 g/mol. The Morgan fingerprint density at radius 2 is 2.20 bits per heavy atom. The zero-order valence-electron chi connectivity index (χ0n) is 9.00. The molecule has 0 saturated carbocycles. The lowest BCUT2D eigenvalue weighted by atomic mass is 10.1. The molecule has 2 nitrogen and oxygen atoms in total. The van der Waals surface area contributed by atoms with Crippen LogP contribution in [0.2, 0.25) is 5.02 Å². The molecule has 1 atom stereocenters. The molecule has 1 aromatic carbocycles. The second-order valence-electron chi connectivity index (χ2n) is 3.61. The molecular formula is C11H16BrClN2. The summed E-state index contributed by atoms with van der Waals surface area (Å²) in [6.07, 6.45) is 0. The van der Waals surface area contributed by atoms with Crippen molar-refractivity contribution >= 4 is 27.5 Å². The predicted octanol–water partition coefficient (Wildman–Crippen LogP) is 3.05. The fourth-order valence-electron chi connectivity index (χ4n) is 1.48. The lowest BCUT2D eigenvalue weighted by molar-refractivity contribution is 0.269. The van der Waals surface area contributed by atoms with E-state index in [0.29, 0.717) is 6.54 Å². The van der Waals surface area contributed by atoms with Crippen LogP contribution in [0.1, 0.15) is 18.5 Å². The zero-order chi connectivity index (χ0) is 11.4. The molecule has 0 spiro atoms. The van der Waals surface area contributed by atoms with E-state index in [1.165, 1.54) is 0 Å². The van der Waals surface area contributed by atoms with Gasteiger partial charge in [-0.1, -0.05) is 33.6 Å². The first kappa shape index (κ1) is 13.0. The molecule has 0 aromatic heterocycles. The number of nitrogens with zero attached hydrogens (tertiary/aromatic N) is 1. The van der Waals surface area contributed by atoms with Crippen LogP contribution in [0, 0.1) is 0 Å². The zero-order valence-corrected chi connectivity index (χ0v) is 11.3. The summed E-state index contributed by atoms with van der Waals surface area (Å²) in [5, 5.41) is 0.792. The summed E-state index contributed by atoms with van der Waals surface area (Å²) in [4.78, 5) is 2.19. The van der Waals surface area contributed by atoms with Gasteiger partial charge in [-0.3, -0.25) is 4.90 Å². The summed E-state index contributed by atoms with van der Waals surface area (Å²) in [7, 11) is 2.05. The lowest BCUT2D eigenvalue weighted by Crippen LogP contribution is -2.28. The third kappa shape index (κ3) is 3.45. The highest BCUT2D eigenvalue weighted by molar-refractivity contribution is 9.10. The molecule has 0 amide bonds. The third-order valence-corrected chi connectivity index (χ3v) is 3.38. The highest BCUT2D eigenvalue weighted by atomic mass is 79.9. The van der Waals surface area contributed by atoms with Gasteiger partial charge in [-0.05, 0) is 31.7 Å². The summed E-state index contributed by atoms with van der Waals surface area (Å²) in [6, 6.07) is 6.26. The van der Waals surface area contributed by atoms with Gasteiger partial charge in [-0.2, -0.15) is 0 Å². The highest BCUT2D eigenvalue weighted by Gasteiger charge is 2.13. The number of benzene rings is 1.